The molecule has 2 N–H and O–H groups in total. The van der Waals surface area contributed by atoms with Gasteiger partial charge in [0.1, 0.15) is 17.7 Å². The minimum absolute atomic E-state index is 0.0290. The number of carbonyl (C=O) groups excluding carboxylic acids is 1. The summed E-state index contributed by atoms with van der Waals surface area (Å²) in [5.41, 5.74) is -0.195. The van der Waals surface area contributed by atoms with Gasteiger partial charge in [-0.15, -0.1) is 11.8 Å². The number of amides is 1. The number of nitrogens with one attached hydrogen (secondary N) is 2. The molecule has 0 radical (unpaired) electrons. The number of benzene rings is 1. The molecular formula is C11H11N5O3S. The average Bonchev–Trinajstić information content (AvgIpc) is 2.97. The number of hydrogen-bond acceptors (Lipinski definition) is 6. The van der Waals surface area contributed by atoms with E-state index in [2.05, 4.69) is 20.5 Å². The summed E-state index contributed by atoms with van der Waals surface area (Å²) in [7, 11) is 0. The Morgan fingerprint density at radius 1 is 1.55 bits per heavy atom. The Balaban J connectivity index is 2.20. The fourth-order valence-corrected chi connectivity index (χ4v) is 2.00. The van der Waals surface area contributed by atoms with Crippen molar-refractivity contribution in [2.45, 2.75) is 11.4 Å². The van der Waals surface area contributed by atoms with Crippen molar-refractivity contribution in [3.63, 3.8) is 0 Å². The van der Waals surface area contributed by atoms with E-state index in [1.807, 2.05) is 6.26 Å². The molecule has 1 heterocycles. The molecule has 0 atom stereocenters. The van der Waals surface area contributed by atoms with Crippen LogP contribution in [0.1, 0.15) is 16.2 Å². The number of H-pyrrole nitrogens is 1. The number of nitro groups is 1. The molecule has 104 valence electrons. The molecule has 8 nitrogen and oxygen atoms in total. The standard InChI is InChI=1S/C11H11N5O3S/c1-20-7-2-3-9(16(18)19)8(4-7)11(17)12-5-10-13-6-14-15-10/h2-4,6H,5H2,1H3,(H,12,17)(H,13,14,15). The lowest BCUT2D eigenvalue weighted by Gasteiger charge is -2.05. The molecule has 1 aromatic heterocycles. The van der Waals surface area contributed by atoms with E-state index in [0.29, 0.717) is 5.82 Å². The SMILES string of the molecule is CSc1ccc([N+](=O)[O-])c(C(=O)NCc2ncn[nH]2)c1. The van der Waals surface area contributed by atoms with E-state index in [1.165, 1.54) is 30.2 Å². The summed E-state index contributed by atoms with van der Waals surface area (Å²) in [5, 5.41) is 19.7. The van der Waals surface area contributed by atoms with Crippen molar-refractivity contribution in [3.8, 4) is 0 Å². The normalized spacial score (nSPS) is 10.2. The van der Waals surface area contributed by atoms with Crippen LogP contribution in [0.25, 0.3) is 0 Å². The van der Waals surface area contributed by atoms with E-state index < -0.39 is 10.8 Å². The highest BCUT2D eigenvalue weighted by Gasteiger charge is 2.20. The lowest BCUT2D eigenvalue weighted by atomic mass is 10.1. The topological polar surface area (TPSA) is 114 Å². The number of nitro benzene ring substituents is 1. The number of aromatic nitrogens is 3. The second-order valence-corrected chi connectivity index (χ2v) is 4.63. The highest BCUT2D eigenvalue weighted by atomic mass is 32.2. The van der Waals surface area contributed by atoms with Gasteiger partial charge in [-0.05, 0) is 18.4 Å². The molecule has 1 amide bonds. The van der Waals surface area contributed by atoms with E-state index >= 15 is 0 Å². The third-order valence-corrected chi connectivity index (χ3v) is 3.25. The Labute approximate surface area is 118 Å². The molecular weight excluding hydrogens is 282 g/mol. The number of rotatable bonds is 5. The molecule has 0 spiro atoms. The summed E-state index contributed by atoms with van der Waals surface area (Å²) < 4.78 is 0. The molecule has 0 saturated carbocycles. The van der Waals surface area contributed by atoms with Crippen LogP contribution in [-0.2, 0) is 6.54 Å². The first-order chi connectivity index (χ1) is 9.61. The molecule has 1 aromatic carbocycles. The van der Waals surface area contributed by atoms with Crippen LogP contribution in [0.2, 0.25) is 0 Å². The van der Waals surface area contributed by atoms with Crippen LogP contribution in [-0.4, -0.2) is 32.3 Å². The third-order valence-electron chi connectivity index (χ3n) is 2.53. The van der Waals surface area contributed by atoms with Gasteiger partial charge in [0.2, 0.25) is 0 Å². The summed E-state index contributed by atoms with van der Waals surface area (Å²) in [6.07, 6.45) is 3.15. The Morgan fingerprint density at radius 3 is 2.95 bits per heavy atom. The molecule has 0 saturated heterocycles. The molecule has 0 fully saturated rings. The van der Waals surface area contributed by atoms with Crippen LogP contribution in [0.3, 0.4) is 0 Å². The van der Waals surface area contributed by atoms with Crippen LogP contribution in [0.4, 0.5) is 5.69 Å². The van der Waals surface area contributed by atoms with Gasteiger partial charge in [-0.25, -0.2) is 4.98 Å². The monoisotopic (exact) mass is 293 g/mol. The summed E-state index contributed by atoms with van der Waals surface area (Å²) in [6, 6.07) is 4.43. The van der Waals surface area contributed by atoms with Gasteiger partial charge in [-0.1, -0.05) is 0 Å². The first-order valence-corrected chi connectivity index (χ1v) is 6.79. The maximum Gasteiger partial charge on any atom is 0.282 e. The number of nitrogens with zero attached hydrogens (tertiary/aromatic N) is 3. The zero-order valence-electron chi connectivity index (χ0n) is 10.5. The number of thioether (sulfide) groups is 1. The van der Waals surface area contributed by atoms with Crippen LogP contribution in [0.5, 0.6) is 0 Å². The van der Waals surface area contributed by atoms with Crippen LogP contribution in [0.15, 0.2) is 29.4 Å². The smallest absolute Gasteiger partial charge is 0.282 e. The second kappa shape index (κ2) is 6.15. The lowest BCUT2D eigenvalue weighted by Crippen LogP contribution is -2.24. The molecule has 0 aliphatic carbocycles. The van der Waals surface area contributed by atoms with Gasteiger partial charge in [-0.2, -0.15) is 5.10 Å². The van der Waals surface area contributed by atoms with Crippen molar-refractivity contribution in [3.05, 3.63) is 46.0 Å². The van der Waals surface area contributed by atoms with Gasteiger partial charge < -0.3 is 5.32 Å². The highest BCUT2D eigenvalue weighted by Crippen LogP contribution is 2.24. The molecule has 0 aliphatic heterocycles. The fourth-order valence-electron chi connectivity index (χ4n) is 1.56. The number of carbonyl (C=O) groups is 1. The molecule has 20 heavy (non-hydrogen) atoms. The third kappa shape index (κ3) is 3.12. The van der Waals surface area contributed by atoms with Gasteiger partial charge >= 0.3 is 0 Å². The van der Waals surface area contributed by atoms with Crippen LogP contribution < -0.4 is 5.32 Å². The van der Waals surface area contributed by atoms with E-state index in [4.69, 9.17) is 0 Å². The summed E-state index contributed by atoms with van der Waals surface area (Å²) in [4.78, 5) is 27.1. The summed E-state index contributed by atoms with van der Waals surface area (Å²) >= 11 is 1.41. The van der Waals surface area contributed by atoms with Crippen molar-refractivity contribution in [2.24, 2.45) is 0 Å². The van der Waals surface area contributed by atoms with Gasteiger partial charge in [-0.3, -0.25) is 20.0 Å². The van der Waals surface area contributed by atoms with Crippen molar-refractivity contribution < 1.29 is 9.72 Å². The van der Waals surface area contributed by atoms with E-state index in [-0.39, 0.29) is 17.8 Å². The van der Waals surface area contributed by atoms with E-state index in [1.54, 1.807) is 6.07 Å². The summed E-state index contributed by atoms with van der Waals surface area (Å²) in [5.74, 6) is -0.0500. The minimum Gasteiger partial charge on any atom is -0.345 e. The summed E-state index contributed by atoms with van der Waals surface area (Å²) in [6.45, 7) is 0.124. The predicted octanol–water partition coefficient (Wildman–Crippen LogP) is 1.36. The van der Waals surface area contributed by atoms with Crippen LogP contribution in [0, 0.1) is 10.1 Å². The van der Waals surface area contributed by atoms with Crippen molar-refractivity contribution in [1.82, 2.24) is 20.5 Å². The lowest BCUT2D eigenvalue weighted by molar-refractivity contribution is -0.385. The molecule has 2 aromatic rings. The van der Waals surface area contributed by atoms with Crippen molar-refractivity contribution in [2.75, 3.05) is 6.26 Å². The van der Waals surface area contributed by atoms with Gasteiger partial charge in [0.05, 0.1) is 11.5 Å². The number of hydrogen-bond donors (Lipinski definition) is 2. The zero-order chi connectivity index (χ0) is 14.5. The fraction of sp³-hybridized carbons (Fsp3) is 0.182. The molecule has 0 unspecified atom stereocenters. The Morgan fingerprint density at radius 2 is 2.35 bits per heavy atom. The minimum atomic E-state index is -0.576. The van der Waals surface area contributed by atoms with E-state index in [0.717, 1.165) is 4.90 Å². The highest BCUT2D eigenvalue weighted by molar-refractivity contribution is 7.98. The van der Waals surface area contributed by atoms with E-state index in [9.17, 15) is 14.9 Å². The largest absolute Gasteiger partial charge is 0.345 e. The van der Waals surface area contributed by atoms with Crippen molar-refractivity contribution in [1.29, 1.82) is 0 Å². The zero-order valence-corrected chi connectivity index (χ0v) is 11.3. The predicted molar refractivity (Wildman–Crippen MR) is 72.4 cm³/mol. The van der Waals surface area contributed by atoms with Crippen molar-refractivity contribution >= 4 is 23.4 Å². The maximum absolute atomic E-state index is 12.0. The molecule has 2 rings (SSSR count). The number of aromatic amines is 1. The first kappa shape index (κ1) is 14.0. The average molecular weight is 293 g/mol. The Bertz CT molecular complexity index is 629. The van der Waals surface area contributed by atoms with Crippen LogP contribution >= 0.6 is 11.8 Å². The first-order valence-electron chi connectivity index (χ1n) is 5.56. The quantitative estimate of drug-likeness (QED) is 0.489. The molecule has 0 bridgehead atoms. The maximum atomic E-state index is 12.0. The Kier molecular flexibility index (Phi) is 4.31. The Hall–Kier alpha value is -2.42. The molecule has 0 aliphatic rings. The molecule has 9 heteroatoms. The van der Waals surface area contributed by atoms with Gasteiger partial charge in [0.25, 0.3) is 11.6 Å². The van der Waals surface area contributed by atoms with Gasteiger partial charge in [0, 0.05) is 11.0 Å². The van der Waals surface area contributed by atoms with Gasteiger partial charge in [0.15, 0.2) is 0 Å². The second-order valence-electron chi connectivity index (χ2n) is 3.76.